The largest absolute Gasteiger partial charge is 0.493 e. The van der Waals surface area contributed by atoms with Crippen LogP contribution in [0.3, 0.4) is 0 Å². The lowest BCUT2D eigenvalue weighted by Gasteiger charge is -2.11. The fourth-order valence-corrected chi connectivity index (χ4v) is 1.98. The van der Waals surface area contributed by atoms with Gasteiger partial charge in [0.05, 0.1) is 13.2 Å². The van der Waals surface area contributed by atoms with Gasteiger partial charge in [-0.3, -0.25) is 0 Å². The molecular weight excluding hydrogens is 282 g/mol. The van der Waals surface area contributed by atoms with Crippen LogP contribution in [-0.2, 0) is 0 Å². The van der Waals surface area contributed by atoms with Crippen molar-refractivity contribution in [1.82, 2.24) is 0 Å². The first-order chi connectivity index (χ1) is 10.2. The number of ether oxygens (including phenoxy) is 2. The molecule has 0 aliphatic rings. The number of para-hydroxylation sites is 1. The fourth-order valence-electron chi connectivity index (χ4n) is 1.86. The predicted molar refractivity (Wildman–Crippen MR) is 89.1 cm³/mol. The summed E-state index contributed by atoms with van der Waals surface area (Å²) in [5, 5.41) is 0. The average molecular weight is 301 g/mol. The van der Waals surface area contributed by atoms with E-state index in [4.69, 9.17) is 27.4 Å². The highest BCUT2D eigenvalue weighted by atomic mass is 32.1. The van der Waals surface area contributed by atoms with E-state index in [1.807, 2.05) is 55.5 Å². The van der Waals surface area contributed by atoms with Gasteiger partial charge in [0.25, 0.3) is 0 Å². The molecule has 0 saturated heterocycles. The van der Waals surface area contributed by atoms with Crippen molar-refractivity contribution < 1.29 is 9.47 Å². The van der Waals surface area contributed by atoms with Crippen molar-refractivity contribution in [3.8, 4) is 11.5 Å². The second kappa shape index (κ2) is 7.64. The smallest absolute Gasteiger partial charge is 0.122 e. The molecule has 4 heteroatoms. The summed E-state index contributed by atoms with van der Waals surface area (Å²) in [6.07, 6.45) is 0.811. The molecule has 0 heterocycles. The molecule has 0 unspecified atom stereocenters. The first-order valence-corrected chi connectivity index (χ1v) is 7.29. The quantitative estimate of drug-likeness (QED) is 0.628. The molecule has 0 aliphatic carbocycles. The highest BCUT2D eigenvalue weighted by Crippen LogP contribution is 2.19. The van der Waals surface area contributed by atoms with Crippen molar-refractivity contribution in [1.29, 1.82) is 0 Å². The zero-order valence-electron chi connectivity index (χ0n) is 12.0. The van der Waals surface area contributed by atoms with Crippen LogP contribution in [-0.4, -0.2) is 18.2 Å². The molecule has 0 saturated carbocycles. The van der Waals surface area contributed by atoms with Crippen LogP contribution in [0.4, 0.5) is 0 Å². The zero-order chi connectivity index (χ0) is 15.1. The van der Waals surface area contributed by atoms with Crippen molar-refractivity contribution in [2.24, 2.45) is 5.73 Å². The van der Waals surface area contributed by atoms with Crippen LogP contribution in [0.2, 0.25) is 0 Å². The summed E-state index contributed by atoms with van der Waals surface area (Å²) < 4.78 is 11.4. The van der Waals surface area contributed by atoms with E-state index in [0.717, 1.165) is 29.0 Å². The van der Waals surface area contributed by atoms with E-state index in [9.17, 15) is 0 Å². The monoisotopic (exact) mass is 301 g/mol. The van der Waals surface area contributed by atoms with Gasteiger partial charge >= 0.3 is 0 Å². The maximum absolute atomic E-state index is 5.77. The third-order valence-corrected chi connectivity index (χ3v) is 3.27. The van der Waals surface area contributed by atoms with Gasteiger partial charge in [0, 0.05) is 12.0 Å². The van der Waals surface area contributed by atoms with E-state index in [1.54, 1.807) is 0 Å². The molecule has 3 nitrogen and oxygen atoms in total. The highest BCUT2D eigenvalue weighted by molar-refractivity contribution is 7.80. The second-order valence-electron chi connectivity index (χ2n) is 4.71. The normalized spacial score (nSPS) is 10.1. The third kappa shape index (κ3) is 4.76. The SMILES string of the molecule is Cc1ccc(C(N)=S)cc1OCCCOc1ccccc1. The fraction of sp³-hybridized carbons (Fsp3) is 0.235. The lowest BCUT2D eigenvalue weighted by Crippen LogP contribution is -2.10. The van der Waals surface area contributed by atoms with E-state index in [1.165, 1.54) is 0 Å². The molecule has 110 valence electrons. The van der Waals surface area contributed by atoms with Gasteiger partial charge in [-0.25, -0.2) is 0 Å². The summed E-state index contributed by atoms with van der Waals surface area (Å²) in [5.41, 5.74) is 7.52. The van der Waals surface area contributed by atoms with Gasteiger partial charge in [-0.15, -0.1) is 0 Å². The third-order valence-electron chi connectivity index (χ3n) is 3.03. The number of thiocarbonyl (C=S) groups is 1. The molecular formula is C17H19NO2S. The Bertz CT molecular complexity index is 599. The van der Waals surface area contributed by atoms with Gasteiger partial charge < -0.3 is 15.2 Å². The van der Waals surface area contributed by atoms with Crippen molar-refractivity contribution in [3.05, 3.63) is 59.7 Å². The summed E-state index contributed by atoms with van der Waals surface area (Å²) >= 11 is 4.98. The zero-order valence-corrected chi connectivity index (χ0v) is 12.9. The summed E-state index contributed by atoms with van der Waals surface area (Å²) in [4.78, 5) is 0.382. The van der Waals surface area contributed by atoms with Gasteiger partial charge in [0.2, 0.25) is 0 Å². The Morgan fingerprint density at radius 1 is 1.05 bits per heavy atom. The Morgan fingerprint density at radius 3 is 2.48 bits per heavy atom. The number of hydrogen-bond acceptors (Lipinski definition) is 3. The second-order valence-corrected chi connectivity index (χ2v) is 5.15. The average Bonchev–Trinajstić information content (AvgIpc) is 2.49. The molecule has 0 radical (unpaired) electrons. The maximum atomic E-state index is 5.77. The van der Waals surface area contributed by atoms with E-state index < -0.39 is 0 Å². The first kappa shape index (κ1) is 15.3. The van der Waals surface area contributed by atoms with Crippen LogP contribution in [0.25, 0.3) is 0 Å². The van der Waals surface area contributed by atoms with Crippen molar-refractivity contribution in [2.75, 3.05) is 13.2 Å². The van der Waals surface area contributed by atoms with E-state index >= 15 is 0 Å². The molecule has 0 aromatic heterocycles. The van der Waals surface area contributed by atoms with Gasteiger partial charge in [-0.1, -0.05) is 42.5 Å². The van der Waals surface area contributed by atoms with Crippen molar-refractivity contribution in [2.45, 2.75) is 13.3 Å². The molecule has 2 N–H and O–H groups in total. The summed E-state index contributed by atoms with van der Waals surface area (Å²) in [7, 11) is 0. The summed E-state index contributed by atoms with van der Waals surface area (Å²) in [6, 6.07) is 15.5. The summed E-state index contributed by atoms with van der Waals surface area (Å²) in [5.74, 6) is 1.70. The van der Waals surface area contributed by atoms with Crippen LogP contribution < -0.4 is 15.2 Å². The van der Waals surface area contributed by atoms with Crippen LogP contribution in [0, 0.1) is 6.92 Å². The molecule has 0 atom stereocenters. The van der Waals surface area contributed by atoms with Crippen molar-refractivity contribution in [3.63, 3.8) is 0 Å². The topological polar surface area (TPSA) is 44.5 Å². The van der Waals surface area contributed by atoms with Gasteiger partial charge in [0.15, 0.2) is 0 Å². The Labute approximate surface area is 130 Å². The van der Waals surface area contributed by atoms with Crippen LogP contribution in [0.15, 0.2) is 48.5 Å². The maximum Gasteiger partial charge on any atom is 0.122 e. The van der Waals surface area contributed by atoms with Gasteiger partial charge in [-0.05, 0) is 30.7 Å². The number of benzene rings is 2. The Morgan fingerprint density at radius 2 is 1.76 bits per heavy atom. The van der Waals surface area contributed by atoms with Crippen LogP contribution in [0.5, 0.6) is 11.5 Å². The van der Waals surface area contributed by atoms with Gasteiger partial charge in [0.1, 0.15) is 16.5 Å². The molecule has 21 heavy (non-hydrogen) atoms. The number of aryl methyl sites for hydroxylation is 1. The van der Waals surface area contributed by atoms with E-state index in [-0.39, 0.29) is 0 Å². The molecule has 2 rings (SSSR count). The Balaban J connectivity index is 1.78. The molecule has 0 spiro atoms. The lowest BCUT2D eigenvalue weighted by molar-refractivity contribution is 0.246. The molecule has 0 amide bonds. The molecule has 2 aromatic rings. The molecule has 0 aliphatic heterocycles. The number of hydrogen-bond donors (Lipinski definition) is 1. The predicted octanol–water partition coefficient (Wildman–Crippen LogP) is 3.48. The Hall–Kier alpha value is -2.07. The van der Waals surface area contributed by atoms with Crippen LogP contribution in [0.1, 0.15) is 17.5 Å². The molecule has 0 fully saturated rings. The first-order valence-electron chi connectivity index (χ1n) is 6.88. The number of nitrogens with two attached hydrogens (primary N) is 1. The number of rotatable bonds is 7. The van der Waals surface area contributed by atoms with Crippen LogP contribution >= 0.6 is 12.2 Å². The highest BCUT2D eigenvalue weighted by Gasteiger charge is 2.03. The molecule has 0 bridgehead atoms. The minimum Gasteiger partial charge on any atom is -0.493 e. The van der Waals surface area contributed by atoms with E-state index in [2.05, 4.69) is 0 Å². The van der Waals surface area contributed by atoms with E-state index in [0.29, 0.717) is 18.2 Å². The lowest BCUT2D eigenvalue weighted by atomic mass is 10.1. The minimum atomic E-state index is 0.382. The molecule has 2 aromatic carbocycles. The standard InChI is InChI=1S/C17H19NO2S/c1-13-8-9-14(17(18)21)12-16(13)20-11-5-10-19-15-6-3-2-4-7-15/h2-4,6-9,12H,5,10-11H2,1H3,(H2,18,21). The van der Waals surface area contributed by atoms with Crippen molar-refractivity contribution >= 4 is 17.2 Å². The minimum absolute atomic E-state index is 0.382. The van der Waals surface area contributed by atoms with Gasteiger partial charge in [-0.2, -0.15) is 0 Å². The summed E-state index contributed by atoms with van der Waals surface area (Å²) in [6.45, 7) is 3.21. The Kier molecular flexibility index (Phi) is 5.58.